The van der Waals surface area contributed by atoms with E-state index in [1.54, 1.807) is 41.3 Å². The van der Waals surface area contributed by atoms with Crippen LogP contribution in [0.4, 0.5) is 13.2 Å². The highest BCUT2D eigenvalue weighted by Gasteiger charge is 2.37. The molecule has 0 aliphatic heterocycles. The molecular formula is C16H15F3N4O. The van der Waals surface area contributed by atoms with Gasteiger partial charge in [0.15, 0.2) is 0 Å². The monoisotopic (exact) mass is 336 g/mol. The van der Waals surface area contributed by atoms with Crippen LogP contribution >= 0.6 is 0 Å². The van der Waals surface area contributed by atoms with Gasteiger partial charge in [0.05, 0.1) is 25.5 Å². The van der Waals surface area contributed by atoms with E-state index in [2.05, 4.69) is 10.2 Å². The number of aryl methyl sites for hydroxylation is 1. The minimum Gasteiger partial charge on any atom is -0.392 e. The average Bonchev–Trinajstić information content (AvgIpc) is 3.14. The van der Waals surface area contributed by atoms with E-state index in [4.69, 9.17) is 5.11 Å². The first kappa shape index (κ1) is 16.3. The number of aliphatic hydroxyl groups is 1. The summed E-state index contributed by atoms with van der Waals surface area (Å²) in [4.78, 5) is 0. The second kappa shape index (κ2) is 6.12. The number of rotatable bonds is 4. The number of aromatic nitrogens is 4. The third kappa shape index (κ3) is 3.18. The molecule has 0 saturated heterocycles. The van der Waals surface area contributed by atoms with Gasteiger partial charge >= 0.3 is 6.18 Å². The Morgan fingerprint density at radius 3 is 2.33 bits per heavy atom. The number of nitrogens with zero attached hydrogens (tertiary/aromatic N) is 4. The van der Waals surface area contributed by atoms with Crippen molar-refractivity contribution >= 4 is 0 Å². The lowest BCUT2D eigenvalue weighted by atomic mass is 10.0. The van der Waals surface area contributed by atoms with E-state index >= 15 is 0 Å². The van der Waals surface area contributed by atoms with Gasteiger partial charge in [-0.3, -0.25) is 9.36 Å². The SMILES string of the molecule is Cn1ncc(-c2ccc(Cn3cc(CO)cn3)cc2)c1C(F)(F)F. The van der Waals surface area contributed by atoms with E-state index in [1.165, 1.54) is 13.2 Å². The van der Waals surface area contributed by atoms with Crippen molar-refractivity contribution in [3.8, 4) is 11.1 Å². The number of hydrogen-bond donors (Lipinski definition) is 1. The Morgan fingerprint density at radius 2 is 1.75 bits per heavy atom. The topological polar surface area (TPSA) is 55.9 Å². The van der Waals surface area contributed by atoms with E-state index < -0.39 is 11.9 Å². The molecule has 3 aromatic rings. The van der Waals surface area contributed by atoms with Crippen molar-refractivity contribution in [1.29, 1.82) is 0 Å². The molecule has 126 valence electrons. The molecule has 0 saturated carbocycles. The number of hydrogen-bond acceptors (Lipinski definition) is 3. The zero-order valence-corrected chi connectivity index (χ0v) is 12.8. The van der Waals surface area contributed by atoms with E-state index in [0.717, 1.165) is 10.2 Å². The first-order chi connectivity index (χ1) is 11.4. The van der Waals surface area contributed by atoms with E-state index in [-0.39, 0.29) is 12.2 Å². The predicted molar refractivity (Wildman–Crippen MR) is 80.9 cm³/mol. The molecule has 0 aliphatic rings. The largest absolute Gasteiger partial charge is 0.433 e. The van der Waals surface area contributed by atoms with Gasteiger partial charge in [0.1, 0.15) is 5.69 Å². The third-order valence-corrected chi connectivity index (χ3v) is 3.69. The molecule has 0 aliphatic carbocycles. The molecule has 0 spiro atoms. The van der Waals surface area contributed by atoms with Gasteiger partial charge in [0.25, 0.3) is 0 Å². The molecule has 2 aromatic heterocycles. The molecule has 0 unspecified atom stereocenters. The average molecular weight is 336 g/mol. The lowest BCUT2D eigenvalue weighted by molar-refractivity contribution is -0.143. The molecule has 2 heterocycles. The zero-order valence-electron chi connectivity index (χ0n) is 12.8. The van der Waals surface area contributed by atoms with Crippen molar-refractivity contribution in [2.24, 2.45) is 7.05 Å². The van der Waals surface area contributed by atoms with Gasteiger partial charge in [-0.25, -0.2) is 0 Å². The first-order valence-electron chi connectivity index (χ1n) is 7.19. The van der Waals surface area contributed by atoms with Gasteiger partial charge in [-0.15, -0.1) is 0 Å². The highest BCUT2D eigenvalue weighted by Crippen LogP contribution is 2.36. The smallest absolute Gasteiger partial charge is 0.392 e. The number of halogens is 3. The maximum Gasteiger partial charge on any atom is 0.433 e. The van der Waals surface area contributed by atoms with Gasteiger partial charge < -0.3 is 5.11 Å². The molecule has 8 heteroatoms. The summed E-state index contributed by atoms with van der Waals surface area (Å²) >= 11 is 0. The quantitative estimate of drug-likeness (QED) is 0.797. The highest BCUT2D eigenvalue weighted by molar-refractivity contribution is 5.66. The summed E-state index contributed by atoms with van der Waals surface area (Å²) in [5, 5.41) is 16.8. The molecule has 0 amide bonds. The van der Waals surface area contributed by atoms with Gasteiger partial charge in [-0.1, -0.05) is 24.3 Å². The molecule has 3 rings (SSSR count). The lowest BCUT2D eigenvalue weighted by Gasteiger charge is -2.10. The van der Waals surface area contributed by atoms with Crippen LogP contribution in [0.1, 0.15) is 16.8 Å². The summed E-state index contributed by atoms with van der Waals surface area (Å²) in [5.74, 6) is 0. The normalized spacial score (nSPS) is 11.9. The molecule has 0 atom stereocenters. The standard InChI is InChI=1S/C16H15F3N4O/c1-22-15(16(17,18)19)14(7-20-22)13-4-2-11(3-5-13)8-23-9-12(10-24)6-21-23/h2-7,9,24H,8,10H2,1H3. The van der Waals surface area contributed by atoms with Crippen molar-refractivity contribution in [2.45, 2.75) is 19.3 Å². The fourth-order valence-electron chi connectivity index (χ4n) is 2.54. The summed E-state index contributed by atoms with van der Waals surface area (Å²) < 4.78 is 41.9. The summed E-state index contributed by atoms with van der Waals surface area (Å²) in [6.45, 7) is 0.389. The van der Waals surface area contributed by atoms with Gasteiger partial charge in [-0.05, 0) is 11.1 Å². The third-order valence-electron chi connectivity index (χ3n) is 3.69. The predicted octanol–water partition coefficient (Wildman–Crippen LogP) is 2.84. The minimum atomic E-state index is -4.46. The fraction of sp³-hybridized carbons (Fsp3) is 0.250. The van der Waals surface area contributed by atoms with Crippen LogP contribution in [0.25, 0.3) is 11.1 Å². The van der Waals surface area contributed by atoms with Crippen molar-refractivity contribution in [1.82, 2.24) is 19.6 Å². The Balaban J connectivity index is 1.85. The van der Waals surface area contributed by atoms with Crippen molar-refractivity contribution < 1.29 is 18.3 Å². The Morgan fingerprint density at radius 1 is 1.04 bits per heavy atom. The number of benzene rings is 1. The van der Waals surface area contributed by atoms with Gasteiger partial charge in [-0.2, -0.15) is 23.4 Å². The summed E-state index contributed by atoms with van der Waals surface area (Å²) in [7, 11) is 1.27. The van der Waals surface area contributed by atoms with Gasteiger partial charge in [0, 0.05) is 24.4 Å². The fourth-order valence-corrected chi connectivity index (χ4v) is 2.54. The summed E-state index contributed by atoms with van der Waals surface area (Å²) in [6.07, 6.45) is 0.0459. The Labute approximate surface area is 136 Å². The minimum absolute atomic E-state index is 0.0539. The molecular weight excluding hydrogens is 321 g/mol. The lowest BCUT2D eigenvalue weighted by Crippen LogP contribution is -2.13. The van der Waals surface area contributed by atoms with Crippen molar-refractivity contribution in [2.75, 3.05) is 0 Å². The first-order valence-corrected chi connectivity index (χ1v) is 7.19. The molecule has 0 bridgehead atoms. The summed E-state index contributed by atoms with van der Waals surface area (Å²) in [5.41, 5.74) is 1.34. The van der Waals surface area contributed by atoms with E-state index in [0.29, 0.717) is 17.7 Å². The highest BCUT2D eigenvalue weighted by atomic mass is 19.4. The van der Waals surface area contributed by atoms with Crippen LogP contribution in [0.5, 0.6) is 0 Å². The Bertz CT molecular complexity index is 834. The molecule has 24 heavy (non-hydrogen) atoms. The Hall–Kier alpha value is -2.61. The van der Waals surface area contributed by atoms with Crippen LogP contribution < -0.4 is 0 Å². The summed E-state index contributed by atoms with van der Waals surface area (Å²) in [6, 6.07) is 6.78. The van der Waals surface area contributed by atoms with Crippen LogP contribution in [0.2, 0.25) is 0 Å². The number of alkyl halides is 3. The zero-order chi connectivity index (χ0) is 17.3. The van der Waals surface area contributed by atoms with Crippen molar-refractivity contribution in [3.63, 3.8) is 0 Å². The molecule has 5 nitrogen and oxygen atoms in total. The second-order valence-electron chi connectivity index (χ2n) is 5.43. The van der Waals surface area contributed by atoms with Crippen LogP contribution in [-0.4, -0.2) is 24.7 Å². The molecule has 0 radical (unpaired) electrons. The maximum atomic E-state index is 13.1. The van der Waals surface area contributed by atoms with Crippen LogP contribution in [0.3, 0.4) is 0 Å². The maximum absolute atomic E-state index is 13.1. The van der Waals surface area contributed by atoms with E-state index in [1.807, 2.05) is 0 Å². The second-order valence-corrected chi connectivity index (χ2v) is 5.43. The number of aliphatic hydroxyl groups excluding tert-OH is 1. The molecule has 1 aromatic carbocycles. The van der Waals surface area contributed by atoms with Crippen molar-refractivity contribution in [3.05, 3.63) is 59.7 Å². The van der Waals surface area contributed by atoms with Crippen LogP contribution in [0, 0.1) is 0 Å². The van der Waals surface area contributed by atoms with Gasteiger partial charge in [0.2, 0.25) is 0 Å². The Kier molecular flexibility index (Phi) is 4.15. The van der Waals surface area contributed by atoms with Crippen LogP contribution in [0.15, 0.2) is 42.9 Å². The van der Waals surface area contributed by atoms with E-state index in [9.17, 15) is 13.2 Å². The molecule has 1 N–H and O–H groups in total. The molecule has 0 fully saturated rings. The van der Waals surface area contributed by atoms with Crippen LogP contribution in [-0.2, 0) is 26.4 Å².